The van der Waals surface area contributed by atoms with Crippen molar-refractivity contribution in [1.82, 2.24) is 0 Å². The molecule has 0 radical (unpaired) electrons. The Kier molecular flexibility index (Phi) is 4.62. The molecule has 0 aromatic heterocycles. The van der Waals surface area contributed by atoms with Crippen molar-refractivity contribution in [2.24, 2.45) is 0 Å². The molecule has 2 heterocycles. The number of rotatable bonds is 2. The summed E-state index contributed by atoms with van der Waals surface area (Å²) in [5.74, 6) is 0. The van der Waals surface area contributed by atoms with Gasteiger partial charge in [0.15, 0.2) is 0 Å². The van der Waals surface area contributed by atoms with Crippen LogP contribution in [0.4, 0.5) is 34.1 Å². The third-order valence-electron chi connectivity index (χ3n) is 7.58. The maximum atomic E-state index is 2.47. The molecule has 0 bridgehead atoms. The van der Waals surface area contributed by atoms with Gasteiger partial charge in [0, 0.05) is 34.1 Å². The summed E-state index contributed by atoms with van der Waals surface area (Å²) in [4.78, 5) is 4.92. The van der Waals surface area contributed by atoms with E-state index in [1.165, 1.54) is 67.2 Å². The molecule has 36 heavy (non-hydrogen) atoms. The van der Waals surface area contributed by atoms with E-state index >= 15 is 0 Å². The number of fused-ring (bicyclic) bond motifs is 4. The molecule has 3 heteroatoms. The number of para-hydroxylation sites is 2. The Balaban J connectivity index is 1.60. The fraction of sp³-hybridized carbons (Fsp3) is 0.0909. The molecule has 2 aliphatic rings. The van der Waals surface area contributed by atoms with Crippen molar-refractivity contribution >= 4 is 57.2 Å². The first-order valence-electron chi connectivity index (χ1n) is 12.7. The van der Waals surface area contributed by atoms with Crippen LogP contribution in [-0.2, 0) is 0 Å². The summed E-state index contributed by atoms with van der Waals surface area (Å²) in [6.45, 7) is 6.74. The van der Waals surface area contributed by atoms with Gasteiger partial charge in [0.2, 0.25) is 0 Å². The lowest BCUT2D eigenvalue weighted by Gasteiger charge is -2.44. The topological polar surface area (TPSA) is 6.48 Å². The normalized spacial score (nSPS) is 13.2. The molecular formula is C33H27BN2. The molecule has 0 unspecified atom stereocenters. The SMILES string of the molecule is Cc1ccc(N2c3cc(C)ccc3B3c4ccccc4N(c4ccccc4)c4cc(C)cc2c43)cc1. The maximum absolute atomic E-state index is 2.47. The molecule has 0 saturated carbocycles. The Hall–Kier alpha value is -4.24. The smallest absolute Gasteiger partial charge is 0.252 e. The van der Waals surface area contributed by atoms with Crippen LogP contribution in [0.25, 0.3) is 0 Å². The molecular weight excluding hydrogens is 435 g/mol. The summed E-state index contributed by atoms with van der Waals surface area (Å²) < 4.78 is 0. The molecule has 0 amide bonds. The van der Waals surface area contributed by atoms with E-state index in [0.29, 0.717) is 0 Å². The van der Waals surface area contributed by atoms with Gasteiger partial charge in [0.25, 0.3) is 6.71 Å². The number of hydrogen-bond acceptors (Lipinski definition) is 2. The minimum absolute atomic E-state index is 0.184. The van der Waals surface area contributed by atoms with Gasteiger partial charge in [0.05, 0.1) is 0 Å². The predicted octanol–water partition coefficient (Wildman–Crippen LogP) is 6.69. The van der Waals surface area contributed by atoms with Gasteiger partial charge in [-0.1, -0.05) is 66.2 Å². The Morgan fingerprint density at radius 3 is 1.75 bits per heavy atom. The molecule has 0 N–H and O–H groups in total. The fourth-order valence-electron chi connectivity index (χ4n) is 6.02. The number of hydrogen-bond donors (Lipinski definition) is 0. The number of benzene rings is 5. The molecule has 0 aliphatic carbocycles. The van der Waals surface area contributed by atoms with Crippen LogP contribution in [0, 0.1) is 20.8 Å². The van der Waals surface area contributed by atoms with Gasteiger partial charge in [-0.25, -0.2) is 0 Å². The van der Waals surface area contributed by atoms with E-state index in [4.69, 9.17) is 0 Å². The van der Waals surface area contributed by atoms with Crippen LogP contribution in [0.5, 0.6) is 0 Å². The monoisotopic (exact) mass is 462 g/mol. The standard InChI is InChI=1S/C33H27BN2/c1-22-13-16-26(17-14-22)36-30-19-23(2)15-18-28(30)34-27-11-7-8-12-29(27)35(25-9-5-4-6-10-25)31-20-24(3)21-32(36)33(31)34/h4-21H,1-3H3. The van der Waals surface area contributed by atoms with Crippen molar-refractivity contribution in [1.29, 1.82) is 0 Å². The van der Waals surface area contributed by atoms with E-state index in [-0.39, 0.29) is 6.71 Å². The number of aryl methyl sites for hydroxylation is 3. The zero-order valence-electron chi connectivity index (χ0n) is 20.9. The molecule has 0 fully saturated rings. The van der Waals surface area contributed by atoms with E-state index < -0.39 is 0 Å². The van der Waals surface area contributed by atoms with Crippen molar-refractivity contribution in [3.05, 3.63) is 126 Å². The summed E-state index contributed by atoms with van der Waals surface area (Å²) in [5, 5.41) is 0. The highest BCUT2D eigenvalue weighted by Gasteiger charge is 2.43. The zero-order chi connectivity index (χ0) is 24.4. The first-order chi connectivity index (χ1) is 17.6. The molecule has 0 atom stereocenters. The Labute approximate surface area is 213 Å². The molecule has 5 aromatic rings. The van der Waals surface area contributed by atoms with Crippen LogP contribution in [0.2, 0.25) is 0 Å². The average molecular weight is 462 g/mol. The maximum Gasteiger partial charge on any atom is 0.252 e. The van der Waals surface area contributed by atoms with Crippen LogP contribution in [-0.4, -0.2) is 6.71 Å². The van der Waals surface area contributed by atoms with Gasteiger partial charge in [-0.2, -0.15) is 0 Å². The highest BCUT2D eigenvalue weighted by Crippen LogP contribution is 2.44. The Bertz CT molecular complexity index is 1620. The van der Waals surface area contributed by atoms with Crippen molar-refractivity contribution in [3.8, 4) is 0 Å². The third kappa shape index (κ3) is 3.06. The first kappa shape index (κ1) is 21.1. The lowest BCUT2D eigenvalue weighted by atomic mass is 9.33. The van der Waals surface area contributed by atoms with Crippen LogP contribution in [0.1, 0.15) is 16.7 Å². The Morgan fingerprint density at radius 2 is 1.00 bits per heavy atom. The van der Waals surface area contributed by atoms with E-state index in [2.05, 4.69) is 140 Å². The predicted molar refractivity (Wildman–Crippen MR) is 155 cm³/mol. The summed E-state index contributed by atoms with van der Waals surface area (Å²) in [7, 11) is 0. The second-order valence-electron chi connectivity index (χ2n) is 10.1. The molecule has 7 rings (SSSR count). The zero-order valence-corrected chi connectivity index (χ0v) is 20.9. The van der Waals surface area contributed by atoms with Gasteiger partial charge in [-0.15, -0.1) is 0 Å². The van der Waals surface area contributed by atoms with Crippen LogP contribution >= 0.6 is 0 Å². The van der Waals surface area contributed by atoms with Crippen LogP contribution < -0.4 is 26.2 Å². The highest BCUT2D eigenvalue weighted by molar-refractivity contribution is 7.00. The molecule has 0 saturated heterocycles. The van der Waals surface area contributed by atoms with E-state index in [9.17, 15) is 0 Å². The van der Waals surface area contributed by atoms with Crippen molar-refractivity contribution in [3.63, 3.8) is 0 Å². The van der Waals surface area contributed by atoms with Gasteiger partial charge >= 0.3 is 0 Å². The molecule has 2 aliphatic heterocycles. The van der Waals surface area contributed by atoms with Gasteiger partial charge in [-0.3, -0.25) is 0 Å². The minimum Gasteiger partial charge on any atom is -0.311 e. The molecule has 0 spiro atoms. The Morgan fingerprint density at radius 1 is 0.444 bits per heavy atom. The number of anilines is 6. The average Bonchev–Trinajstić information content (AvgIpc) is 2.89. The van der Waals surface area contributed by atoms with Crippen molar-refractivity contribution in [2.45, 2.75) is 20.8 Å². The second-order valence-corrected chi connectivity index (χ2v) is 10.1. The van der Waals surface area contributed by atoms with E-state index in [0.717, 1.165) is 0 Å². The summed E-state index contributed by atoms with van der Waals surface area (Å²) >= 11 is 0. The van der Waals surface area contributed by atoms with Crippen molar-refractivity contribution in [2.75, 3.05) is 9.80 Å². The second kappa shape index (κ2) is 7.89. The van der Waals surface area contributed by atoms with Gasteiger partial charge in [0.1, 0.15) is 0 Å². The van der Waals surface area contributed by atoms with Gasteiger partial charge < -0.3 is 9.80 Å². The van der Waals surface area contributed by atoms with Gasteiger partial charge in [-0.05, 0) is 96.8 Å². The van der Waals surface area contributed by atoms with E-state index in [1.54, 1.807) is 0 Å². The fourth-order valence-corrected chi connectivity index (χ4v) is 6.02. The lowest BCUT2D eigenvalue weighted by Crippen LogP contribution is -2.61. The lowest BCUT2D eigenvalue weighted by molar-refractivity contribution is 1.23. The highest BCUT2D eigenvalue weighted by atomic mass is 15.2. The minimum atomic E-state index is 0.184. The molecule has 5 aromatic carbocycles. The largest absolute Gasteiger partial charge is 0.311 e. The summed E-state index contributed by atoms with van der Waals surface area (Å²) in [6.07, 6.45) is 0. The van der Waals surface area contributed by atoms with E-state index in [1.807, 2.05) is 0 Å². The quantitative estimate of drug-likeness (QED) is 0.264. The number of nitrogens with zero attached hydrogens (tertiary/aromatic N) is 2. The molecule has 2 nitrogen and oxygen atoms in total. The summed E-state index contributed by atoms with van der Waals surface area (Å²) in [5.41, 5.74) is 15.4. The van der Waals surface area contributed by atoms with Crippen LogP contribution in [0.3, 0.4) is 0 Å². The summed E-state index contributed by atoms with van der Waals surface area (Å²) in [6, 6.07) is 40.3. The van der Waals surface area contributed by atoms with Crippen molar-refractivity contribution < 1.29 is 0 Å². The third-order valence-corrected chi connectivity index (χ3v) is 7.58. The van der Waals surface area contributed by atoms with Crippen LogP contribution in [0.15, 0.2) is 109 Å². The molecule has 172 valence electrons. The first-order valence-corrected chi connectivity index (χ1v) is 12.7.